The molecule has 1 aromatic rings. The van der Waals surface area contributed by atoms with Crippen LogP contribution >= 0.6 is 27.5 Å². The molecule has 0 saturated carbocycles. The van der Waals surface area contributed by atoms with E-state index in [2.05, 4.69) is 15.9 Å². The summed E-state index contributed by atoms with van der Waals surface area (Å²) >= 11 is 8.92. The Morgan fingerprint density at radius 3 is 2.62 bits per heavy atom. The Kier molecular flexibility index (Phi) is 3.30. The van der Waals surface area contributed by atoms with Crippen LogP contribution in [0, 0.1) is 0 Å². The molecule has 0 unspecified atom stereocenters. The van der Waals surface area contributed by atoms with Gasteiger partial charge < -0.3 is 10.8 Å². The van der Waals surface area contributed by atoms with Crippen molar-refractivity contribution in [2.45, 2.75) is 6.04 Å². The standard InChI is InChI=1S/C8H7BrClNO2/c9-5-1-4(2-6(10)3-5)7(11)8(12)13/h1-3,7H,11H2,(H,12,13)/t7-/m1/s1. The fourth-order valence-corrected chi connectivity index (χ4v) is 1.78. The zero-order valence-corrected chi connectivity index (χ0v) is 8.84. The Labute approximate surface area is 88.6 Å². The molecule has 0 aromatic heterocycles. The number of rotatable bonds is 2. The summed E-state index contributed by atoms with van der Waals surface area (Å²) in [5.74, 6) is -1.07. The van der Waals surface area contributed by atoms with Gasteiger partial charge in [-0.2, -0.15) is 0 Å². The molecule has 70 valence electrons. The third-order valence-corrected chi connectivity index (χ3v) is 2.19. The van der Waals surface area contributed by atoms with Crippen LogP contribution in [0.1, 0.15) is 11.6 Å². The number of carboxylic acids is 1. The van der Waals surface area contributed by atoms with Gasteiger partial charge in [0.2, 0.25) is 0 Å². The highest BCUT2D eigenvalue weighted by atomic mass is 79.9. The number of carboxylic acid groups (broad SMARTS) is 1. The summed E-state index contributed by atoms with van der Waals surface area (Å²) in [6.07, 6.45) is 0. The first-order chi connectivity index (χ1) is 6.00. The van der Waals surface area contributed by atoms with Gasteiger partial charge in [0.25, 0.3) is 0 Å². The van der Waals surface area contributed by atoms with Crippen molar-refractivity contribution >= 4 is 33.5 Å². The van der Waals surface area contributed by atoms with Crippen molar-refractivity contribution in [2.24, 2.45) is 5.73 Å². The molecule has 0 heterocycles. The maximum atomic E-state index is 10.5. The number of aliphatic carboxylic acids is 1. The second kappa shape index (κ2) is 4.09. The molecule has 0 amide bonds. The zero-order chi connectivity index (χ0) is 10.0. The first-order valence-electron chi connectivity index (χ1n) is 3.45. The summed E-state index contributed by atoms with van der Waals surface area (Å²) in [5.41, 5.74) is 5.88. The highest BCUT2D eigenvalue weighted by molar-refractivity contribution is 9.10. The molecular formula is C8H7BrClNO2. The lowest BCUT2D eigenvalue weighted by Gasteiger charge is -2.07. The van der Waals surface area contributed by atoms with E-state index in [1.165, 1.54) is 6.07 Å². The molecule has 3 N–H and O–H groups in total. The molecule has 0 radical (unpaired) electrons. The smallest absolute Gasteiger partial charge is 0.325 e. The van der Waals surface area contributed by atoms with Crippen molar-refractivity contribution in [1.82, 2.24) is 0 Å². The summed E-state index contributed by atoms with van der Waals surface area (Å²) in [7, 11) is 0. The number of hydrogen-bond donors (Lipinski definition) is 2. The van der Waals surface area contributed by atoms with Crippen LogP contribution < -0.4 is 5.73 Å². The summed E-state index contributed by atoms with van der Waals surface area (Å²) in [6, 6.07) is 3.80. The molecule has 13 heavy (non-hydrogen) atoms. The summed E-state index contributed by atoms with van der Waals surface area (Å²) in [5, 5.41) is 9.09. The van der Waals surface area contributed by atoms with Crippen molar-refractivity contribution in [1.29, 1.82) is 0 Å². The van der Waals surface area contributed by atoms with E-state index in [0.717, 1.165) is 0 Å². The lowest BCUT2D eigenvalue weighted by atomic mass is 10.1. The van der Waals surface area contributed by atoms with Crippen LogP contribution in [0.2, 0.25) is 5.02 Å². The molecule has 0 aliphatic carbocycles. The molecule has 0 spiro atoms. The molecule has 5 heteroatoms. The van der Waals surface area contributed by atoms with E-state index in [1.54, 1.807) is 12.1 Å². The van der Waals surface area contributed by atoms with Crippen LogP contribution in [0.5, 0.6) is 0 Å². The van der Waals surface area contributed by atoms with E-state index in [0.29, 0.717) is 15.1 Å². The number of halogens is 2. The molecule has 1 aromatic carbocycles. The minimum absolute atomic E-state index is 0.459. The third-order valence-electron chi connectivity index (χ3n) is 1.51. The Hall–Kier alpha value is -0.580. The summed E-state index contributed by atoms with van der Waals surface area (Å²) in [6.45, 7) is 0. The highest BCUT2D eigenvalue weighted by Crippen LogP contribution is 2.22. The SMILES string of the molecule is N[C@@H](C(=O)O)c1cc(Cl)cc(Br)c1. The van der Waals surface area contributed by atoms with Crippen LogP contribution in [-0.2, 0) is 4.79 Å². The minimum Gasteiger partial charge on any atom is -0.480 e. The second-order valence-electron chi connectivity index (χ2n) is 2.52. The van der Waals surface area contributed by atoms with E-state index in [-0.39, 0.29) is 0 Å². The third kappa shape index (κ3) is 2.69. The maximum Gasteiger partial charge on any atom is 0.325 e. The molecule has 1 atom stereocenters. The zero-order valence-electron chi connectivity index (χ0n) is 6.50. The van der Waals surface area contributed by atoms with Gasteiger partial charge in [-0.3, -0.25) is 4.79 Å². The van der Waals surface area contributed by atoms with Gasteiger partial charge in [0.1, 0.15) is 6.04 Å². The molecule has 0 saturated heterocycles. The average Bonchev–Trinajstić information content (AvgIpc) is 2.01. The quantitative estimate of drug-likeness (QED) is 0.860. The average molecular weight is 265 g/mol. The summed E-state index contributed by atoms with van der Waals surface area (Å²) in [4.78, 5) is 10.5. The molecule has 0 fully saturated rings. The fourth-order valence-electron chi connectivity index (χ4n) is 0.897. The Morgan fingerprint density at radius 2 is 2.15 bits per heavy atom. The molecular weight excluding hydrogens is 257 g/mol. The van der Waals surface area contributed by atoms with Gasteiger partial charge in [-0.05, 0) is 23.8 Å². The van der Waals surface area contributed by atoms with Gasteiger partial charge in [-0.15, -0.1) is 0 Å². The van der Waals surface area contributed by atoms with E-state index >= 15 is 0 Å². The van der Waals surface area contributed by atoms with Crippen molar-refractivity contribution in [2.75, 3.05) is 0 Å². The van der Waals surface area contributed by atoms with Crippen LogP contribution in [0.4, 0.5) is 0 Å². The number of nitrogens with two attached hydrogens (primary N) is 1. The number of hydrogen-bond acceptors (Lipinski definition) is 2. The van der Waals surface area contributed by atoms with Gasteiger partial charge in [0.05, 0.1) is 0 Å². The molecule has 0 aliphatic heterocycles. The maximum absolute atomic E-state index is 10.5. The van der Waals surface area contributed by atoms with Gasteiger partial charge in [-0.1, -0.05) is 27.5 Å². The first kappa shape index (κ1) is 10.5. The van der Waals surface area contributed by atoms with E-state index in [9.17, 15) is 4.79 Å². The Balaban J connectivity index is 3.07. The normalized spacial score (nSPS) is 12.5. The van der Waals surface area contributed by atoms with Crippen LogP contribution in [-0.4, -0.2) is 11.1 Å². The molecule has 3 nitrogen and oxygen atoms in total. The minimum atomic E-state index is -1.07. The largest absolute Gasteiger partial charge is 0.480 e. The van der Waals surface area contributed by atoms with E-state index in [1.807, 2.05) is 0 Å². The Bertz CT molecular complexity index is 323. The van der Waals surface area contributed by atoms with Gasteiger partial charge in [0.15, 0.2) is 0 Å². The Morgan fingerprint density at radius 1 is 1.54 bits per heavy atom. The van der Waals surface area contributed by atoms with Crippen molar-refractivity contribution < 1.29 is 9.90 Å². The number of benzene rings is 1. The predicted molar refractivity (Wildman–Crippen MR) is 53.7 cm³/mol. The molecule has 0 aliphatic rings. The lowest BCUT2D eigenvalue weighted by Crippen LogP contribution is -2.20. The van der Waals surface area contributed by atoms with E-state index < -0.39 is 12.0 Å². The molecule has 0 bridgehead atoms. The van der Waals surface area contributed by atoms with Gasteiger partial charge in [0, 0.05) is 9.50 Å². The van der Waals surface area contributed by atoms with Crippen LogP contribution in [0.3, 0.4) is 0 Å². The topological polar surface area (TPSA) is 63.3 Å². The fraction of sp³-hybridized carbons (Fsp3) is 0.125. The van der Waals surface area contributed by atoms with Crippen molar-refractivity contribution in [3.63, 3.8) is 0 Å². The predicted octanol–water partition coefficient (Wildman–Crippen LogP) is 2.19. The lowest BCUT2D eigenvalue weighted by molar-refractivity contribution is -0.138. The van der Waals surface area contributed by atoms with E-state index in [4.69, 9.17) is 22.4 Å². The monoisotopic (exact) mass is 263 g/mol. The highest BCUT2D eigenvalue weighted by Gasteiger charge is 2.14. The van der Waals surface area contributed by atoms with Gasteiger partial charge >= 0.3 is 5.97 Å². The van der Waals surface area contributed by atoms with Crippen LogP contribution in [0.15, 0.2) is 22.7 Å². The second-order valence-corrected chi connectivity index (χ2v) is 3.87. The van der Waals surface area contributed by atoms with Crippen molar-refractivity contribution in [3.05, 3.63) is 33.3 Å². The summed E-state index contributed by atoms with van der Waals surface area (Å²) < 4.78 is 0.715. The number of carbonyl (C=O) groups is 1. The van der Waals surface area contributed by atoms with Crippen molar-refractivity contribution in [3.8, 4) is 0 Å². The first-order valence-corrected chi connectivity index (χ1v) is 4.62. The van der Waals surface area contributed by atoms with Crippen LogP contribution in [0.25, 0.3) is 0 Å². The van der Waals surface area contributed by atoms with Gasteiger partial charge in [-0.25, -0.2) is 0 Å². The molecule has 1 rings (SSSR count).